The highest BCUT2D eigenvalue weighted by atomic mass is 32.2. The monoisotopic (exact) mass is 684 g/mol. The number of hydrogen-bond donors (Lipinski definition) is 0. The van der Waals surface area contributed by atoms with E-state index in [2.05, 4.69) is 17.2 Å². The molecular weight excluding hydrogens is 649 g/mol. The number of sulfonamides is 1. The van der Waals surface area contributed by atoms with Gasteiger partial charge in [0.05, 0.1) is 36.5 Å². The fourth-order valence-electron chi connectivity index (χ4n) is 5.27. The highest BCUT2D eigenvalue weighted by Gasteiger charge is 2.32. The van der Waals surface area contributed by atoms with Gasteiger partial charge in [0, 0.05) is 35.7 Å². The van der Waals surface area contributed by atoms with E-state index in [-0.39, 0.29) is 18.9 Å². The minimum atomic E-state index is -4.37. The fourth-order valence-corrected chi connectivity index (χ4v) is 7.70. The van der Waals surface area contributed by atoms with Crippen molar-refractivity contribution in [3.05, 3.63) is 135 Å². The van der Waals surface area contributed by atoms with Crippen LogP contribution in [0, 0.1) is 10.1 Å². The van der Waals surface area contributed by atoms with Crippen molar-refractivity contribution in [1.82, 2.24) is 4.98 Å². The molecule has 48 heavy (non-hydrogen) atoms. The number of aryl methyl sites for hydroxylation is 1. The van der Waals surface area contributed by atoms with Gasteiger partial charge in [-0.05, 0) is 54.3 Å². The predicted molar refractivity (Wildman–Crippen MR) is 189 cm³/mol. The summed E-state index contributed by atoms with van der Waals surface area (Å²) in [5, 5.41) is 14.9. The number of ether oxygens (including phenoxy) is 1. The second-order valence-corrected chi connectivity index (χ2v) is 13.8. The number of anilines is 2. The molecule has 248 valence electrons. The molecule has 4 aromatic carbocycles. The van der Waals surface area contributed by atoms with Crippen molar-refractivity contribution in [2.75, 3.05) is 22.9 Å². The molecule has 0 spiro atoms. The van der Waals surface area contributed by atoms with E-state index >= 15 is 0 Å². The molecule has 10 nitrogen and oxygen atoms in total. The van der Waals surface area contributed by atoms with Crippen molar-refractivity contribution >= 4 is 44.4 Å². The van der Waals surface area contributed by atoms with Gasteiger partial charge in [0.2, 0.25) is 0 Å². The number of methoxy groups -OCH3 is 1. The van der Waals surface area contributed by atoms with Crippen LogP contribution in [-0.2, 0) is 39.1 Å². The second-order valence-electron chi connectivity index (χ2n) is 11.1. The molecule has 0 N–H and O–H groups in total. The lowest BCUT2D eigenvalue weighted by molar-refractivity contribution is -0.387. The first kappa shape index (κ1) is 34.3. The molecule has 5 aromatic rings. The van der Waals surface area contributed by atoms with E-state index < -0.39 is 25.5 Å². The van der Waals surface area contributed by atoms with Gasteiger partial charge in [-0.15, -0.1) is 11.3 Å². The minimum absolute atomic E-state index is 0.0587. The van der Waals surface area contributed by atoms with Crippen molar-refractivity contribution in [3.8, 4) is 11.3 Å². The highest BCUT2D eigenvalue weighted by molar-refractivity contribution is 7.93. The number of nitrogens with zero attached hydrogens (tertiary/aromatic N) is 4. The first-order valence-corrected chi connectivity index (χ1v) is 17.8. The number of para-hydroxylation sites is 1. The fraction of sp³-hybridized carbons (Fsp3) is 0.222. The smallest absolute Gasteiger partial charge is 0.305 e. The van der Waals surface area contributed by atoms with Gasteiger partial charge in [-0.2, -0.15) is 0 Å². The van der Waals surface area contributed by atoms with Crippen LogP contribution in [0.25, 0.3) is 11.3 Å². The maximum Gasteiger partial charge on any atom is 0.305 e. The zero-order valence-electron chi connectivity index (χ0n) is 26.7. The summed E-state index contributed by atoms with van der Waals surface area (Å²) in [6.45, 7) is 3.49. The number of nitro benzene ring substituents is 1. The van der Waals surface area contributed by atoms with Crippen molar-refractivity contribution in [2.24, 2.45) is 0 Å². The van der Waals surface area contributed by atoms with Gasteiger partial charge >= 0.3 is 5.97 Å². The van der Waals surface area contributed by atoms with Gasteiger partial charge in [-0.25, -0.2) is 13.4 Å². The van der Waals surface area contributed by atoms with Crippen LogP contribution in [0.2, 0.25) is 0 Å². The quantitative estimate of drug-likeness (QED) is 0.0627. The summed E-state index contributed by atoms with van der Waals surface area (Å²) >= 11 is 1.62. The molecule has 0 amide bonds. The van der Waals surface area contributed by atoms with Crippen LogP contribution in [0.1, 0.15) is 35.9 Å². The lowest BCUT2D eigenvalue weighted by atomic mass is 10.1. The summed E-state index contributed by atoms with van der Waals surface area (Å²) in [7, 11) is -3.04. The molecule has 0 radical (unpaired) electrons. The predicted octanol–water partition coefficient (Wildman–Crippen LogP) is 7.64. The van der Waals surface area contributed by atoms with E-state index in [0.29, 0.717) is 24.2 Å². The standard InChI is InChI=1S/C36H36N4O6S2/c1-3-23-38(25-35-37-32(26-47-35)29-9-5-4-6-10-29)30-18-15-28(16-19-30)24-39(31-20-13-27(14-21-31)17-22-36(41)46-2)48(44,45)34-12-8-7-11-33(34)40(42)43/h4-16,18-21,26H,3,17,22-25H2,1-2H3. The average molecular weight is 685 g/mol. The van der Waals surface area contributed by atoms with Crippen LogP contribution in [0.3, 0.4) is 0 Å². The van der Waals surface area contributed by atoms with Crippen LogP contribution >= 0.6 is 11.3 Å². The first-order valence-electron chi connectivity index (χ1n) is 15.4. The summed E-state index contributed by atoms with van der Waals surface area (Å²) in [4.78, 5) is 29.4. The number of carbonyl (C=O) groups is 1. The van der Waals surface area contributed by atoms with E-state index in [1.807, 2.05) is 54.6 Å². The lowest BCUT2D eigenvalue weighted by Gasteiger charge is -2.26. The summed E-state index contributed by atoms with van der Waals surface area (Å²) in [6, 6.07) is 29.9. The minimum Gasteiger partial charge on any atom is -0.469 e. The normalized spacial score (nSPS) is 11.2. The van der Waals surface area contributed by atoms with Gasteiger partial charge < -0.3 is 9.64 Å². The zero-order valence-corrected chi connectivity index (χ0v) is 28.3. The van der Waals surface area contributed by atoms with Crippen LogP contribution in [0.4, 0.5) is 17.1 Å². The van der Waals surface area contributed by atoms with Gasteiger partial charge in [-0.1, -0.05) is 73.7 Å². The molecule has 12 heteroatoms. The number of nitro groups is 1. The van der Waals surface area contributed by atoms with E-state index in [0.717, 1.165) is 40.5 Å². The Labute approximate surface area is 284 Å². The maximum absolute atomic E-state index is 14.1. The van der Waals surface area contributed by atoms with E-state index in [9.17, 15) is 23.3 Å². The Kier molecular flexibility index (Phi) is 11.2. The molecule has 5 rings (SSSR count). The van der Waals surface area contributed by atoms with Crippen molar-refractivity contribution in [3.63, 3.8) is 0 Å². The van der Waals surface area contributed by atoms with Crippen LogP contribution in [-0.4, -0.2) is 37.9 Å². The molecule has 1 heterocycles. The Morgan fingerprint density at radius 1 is 0.875 bits per heavy atom. The molecule has 0 bridgehead atoms. The summed E-state index contributed by atoms with van der Waals surface area (Å²) in [5.41, 5.74) is 4.35. The Hall–Kier alpha value is -5.07. The molecule has 0 saturated carbocycles. The van der Waals surface area contributed by atoms with Gasteiger partial charge in [0.25, 0.3) is 15.7 Å². The molecule has 0 fully saturated rings. The van der Waals surface area contributed by atoms with E-state index in [1.165, 1.54) is 35.7 Å². The number of hydrogen-bond acceptors (Lipinski definition) is 9. The average Bonchev–Trinajstić information content (AvgIpc) is 3.59. The Bertz CT molecular complexity index is 1950. The largest absolute Gasteiger partial charge is 0.469 e. The van der Waals surface area contributed by atoms with E-state index in [1.54, 1.807) is 35.6 Å². The molecule has 0 aliphatic heterocycles. The number of rotatable bonds is 15. The number of benzene rings is 4. The topological polar surface area (TPSA) is 123 Å². The van der Waals surface area contributed by atoms with Crippen molar-refractivity contribution in [1.29, 1.82) is 0 Å². The number of thiazole rings is 1. The zero-order chi connectivity index (χ0) is 34.1. The van der Waals surface area contributed by atoms with Crippen molar-refractivity contribution < 1.29 is 22.9 Å². The van der Waals surface area contributed by atoms with E-state index in [4.69, 9.17) is 9.72 Å². The van der Waals surface area contributed by atoms with Crippen molar-refractivity contribution in [2.45, 2.75) is 44.2 Å². The first-order chi connectivity index (χ1) is 23.2. The summed E-state index contributed by atoms with van der Waals surface area (Å²) in [6.07, 6.45) is 1.54. The van der Waals surface area contributed by atoms with Crippen LogP contribution in [0.5, 0.6) is 0 Å². The Morgan fingerprint density at radius 3 is 2.19 bits per heavy atom. The second kappa shape index (κ2) is 15.7. The van der Waals surface area contributed by atoms with Crippen LogP contribution in [0.15, 0.2) is 113 Å². The molecule has 0 atom stereocenters. The third-order valence-corrected chi connectivity index (χ3v) is 10.4. The number of carbonyl (C=O) groups excluding carboxylic acids is 1. The molecule has 0 saturated heterocycles. The molecule has 0 unspecified atom stereocenters. The Balaban J connectivity index is 1.41. The number of esters is 1. The molecule has 1 aromatic heterocycles. The molecule has 0 aliphatic rings. The van der Waals surface area contributed by atoms with Gasteiger partial charge in [-0.3, -0.25) is 19.2 Å². The molecular formula is C36H36N4O6S2. The van der Waals surface area contributed by atoms with Gasteiger partial charge in [0.1, 0.15) is 5.01 Å². The third-order valence-electron chi connectivity index (χ3n) is 7.77. The maximum atomic E-state index is 14.1. The summed E-state index contributed by atoms with van der Waals surface area (Å²) < 4.78 is 34.1. The lowest BCUT2D eigenvalue weighted by Crippen LogP contribution is -2.31. The Morgan fingerprint density at radius 2 is 1.52 bits per heavy atom. The van der Waals surface area contributed by atoms with Crippen LogP contribution < -0.4 is 9.21 Å². The summed E-state index contributed by atoms with van der Waals surface area (Å²) in [5.74, 6) is -0.343. The number of aromatic nitrogens is 1. The highest BCUT2D eigenvalue weighted by Crippen LogP contribution is 2.32. The SMILES string of the molecule is CCCN(Cc1nc(-c2ccccc2)cs1)c1ccc(CN(c2ccc(CCC(=O)OC)cc2)S(=O)(=O)c2ccccc2[N+](=O)[O-])cc1. The third kappa shape index (κ3) is 8.25. The van der Waals surface area contributed by atoms with Gasteiger partial charge in [0.15, 0.2) is 4.90 Å². The molecule has 0 aliphatic carbocycles.